The fraction of sp³-hybridized carbons (Fsp3) is 0.353. The van der Waals surface area contributed by atoms with Crippen LogP contribution in [0.4, 0.5) is 0 Å². The van der Waals surface area contributed by atoms with Crippen LogP contribution in [0.5, 0.6) is 5.75 Å². The van der Waals surface area contributed by atoms with Gasteiger partial charge < -0.3 is 9.64 Å². The number of amides is 1. The van der Waals surface area contributed by atoms with Gasteiger partial charge in [0.15, 0.2) is 0 Å². The molecule has 0 saturated carbocycles. The summed E-state index contributed by atoms with van der Waals surface area (Å²) in [6.07, 6.45) is 0.364. The standard InChI is InChI=1S/C17H20ClNO2S/c1-12-4-5-13(2)15(10-12)21-9-8-17(20)19(3)11-14-6-7-16(18)22-14/h4-7,10H,8-9,11H2,1-3H3. The van der Waals surface area contributed by atoms with Crippen molar-refractivity contribution in [3.63, 3.8) is 0 Å². The number of hydrogen-bond donors (Lipinski definition) is 0. The Labute approximate surface area is 140 Å². The molecule has 118 valence electrons. The van der Waals surface area contributed by atoms with Gasteiger partial charge in [-0.3, -0.25) is 4.79 Å². The van der Waals surface area contributed by atoms with Crippen LogP contribution in [-0.2, 0) is 11.3 Å². The molecule has 0 aliphatic carbocycles. The number of hydrogen-bond acceptors (Lipinski definition) is 3. The summed E-state index contributed by atoms with van der Waals surface area (Å²) in [4.78, 5) is 14.9. The van der Waals surface area contributed by atoms with Crippen molar-refractivity contribution in [3.8, 4) is 5.75 Å². The number of thiophene rings is 1. The Kier molecular flexibility index (Phi) is 5.86. The minimum absolute atomic E-state index is 0.0647. The Morgan fingerprint density at radius 1 is 1.27 bits per heavy atom. The quantitative estimate of drug-likeness (QED) is 0.779. The molecule has 0 saturated heterocycles. The Morgan fingerprint density at radius 3 is 2.73 bits per heavy atom. The lowest BCUT2D eigenvalue weighted by atomic mass is 10.1. The Hall–Kier alpha value is -1.52. The molecule has 5 heteroatoms. The highest BCUT2D eigenvalue weighted by Gasteiger charge is 2.11. The first-order valence-corrected chi connectivity index (χ1v) is 8.33. The molecule has 3 nitrogen and oxygen atoms in total. The molecule has 2 rings (SSSR count). The second kappa shape index (κ2) is 7.65. The number of aryl methyl sites for hydroxylation is 2. The molecule has 22 heavy (non-hydrogen) atoms. The third-order valence-corrected chi connectivity index (χ3v) is 4.58. The topological polar surface area (TPSA) is 29.5 Å². The molecule has 1 aromatic heterocycles. The minimum Gasteiger partial charge on any atom is -0.493 e. The third-order valence-electron chi connectivity index (χ3n) is 3.36. The number of carbonyl (C=O) groups excluding carboxylic acids is 1. The van der Waals surface area contributed by atoms with Crippen molar-refractivity contribution in [1.29, 1.82) is 0 Å². The zero-order chi connectivity index (χ0) is 16.1. The minimum atomic E-state index is 0.0647. The first kappa shape index (κ1) is 16.8. The molecule has 1 amide bonds. The highest BCUT2D eigenvalue weighted by molar-refractivity contribution is 7.16. The van der Waals surface area contributed by atoms with Gasteiger partial charge in [0.25, 0.3) is 0 Å². The van der Waals surface area contributed by atoms with E-state index in [0.29, 0.717) is 19.6 Å². The second-order valence-electron chi connectivity index (χ2n) is 5.32. The van der Waals surface area contributed by atoms with E-state index >= 15 is 0 Å². The molecular weight excluding hydrogens is 318 g/mol. The molecule has 0 N–H and O–H groups in total. The molecule has 1 aromatic carbocycles. The number of ether oxygens (including phenoxy) is 1. The van der Waals surface area contributed by atoms with Gasteiger partial charge in [0.05, 0.1) is 23.9 Å². The molecule has 0 aliphatic heterocycles. The summed E-state index contributed by atoms with van der Waals surface area (Å²) >= 11 is 7.40. The van der Waals surface area contributed by atoms with E-state index in [-0.39, 0.29) is 5.91 Å². The van der Waals surface area contributed by atoms with E-state index in [9.17, 15) is 4.79 Å². The van der Waals surface area contributed by atoms with Crippen molar-refractivity contribution in [1.82, 2.24) is 4.90 Å². The molecule has 0 aliphatic rings. The van der Waals surface area contributed by atoms with Gasteiger partial charge in [-0.1, -0.05) is 23.7 Å². The molecule has 2 aromatic rings. The lowest BCUT2D eigenvalue weighted by Crippen LogP contribution is -2.27. The third kappa shape index (κ3) is 4.75. The van der Waals surface area contributed by atoms with Crippen LogP contribution < -0.4 is 4.74 Å². The zero-order valence-electron chi connectivity index (χ0n) is 13.1. The Bertz CT molecular complexity index is 654. The van der Waals surface area contributed by atoms with E-state index in [1.807, 2.05) is 44.2 Å². The first-order valence-electron chi connectivity index (χ1n) is 7.14. The van der Waals surface area contributed by atoms with Crippen LogP contribution in [0.2, 0.25) is 4.34 Å². The van der Waals surface area contributed by atoms with Crippen LogP contribution >= 0.6 is 22.9 Å². The SMILES string of the molecule is Cc1ccc(C)c(OCCC(=O)N(C)Cc2ccc(Cl)s2)c1. The summed E-state index contributed by atoms with van der Waals surface area (Å²) in [5.74, 6) is 0.912. The molecule has 0 bridgehead atoms. The van der Waals surface area contributed by atoms with E-state index in [1.54, 1.807) is 11.9 Å². The maximum absolute atomic E-state index is 12.1. The van der Waals surface area contributed by atoms with Crippen molar-refractivity contribution in [2.24, 2.45) is 0 Å². The van der Waals surface area contributed by atoms with Gasteiger partial charge in [-0.2, -0.15) is 0 Å². The van der Waals surface area contributed by atoms with Gasteiger partial charge in [-0.05, 0) is 43.2 Å². The summed E-state index contributed by atoms with van der Waals surface area (Å²) in [6, 6.07) is 9.87. The van der Waals surface area contributed by atoms with Gasteiger partial charge in [0.2, 0.25) is 5.91 Å². The molecule has 0 spiro atoms. The maximum Gasteiger partial charge on any atom is 0.226 e. The summed E-state index contributed by atoms with van der Waals surface area (Å²) in [5, 5.41) is 0. The first-order chi connectivity index (χ1) is 10.5. The highest BCUT2D eigenvalue weighted by atomic mass is 35.5. The van der Waals surface area contributed by atoms with Gasteiger partial charge >= 0.3 is 0 Å². The van der Waals surface area contributed by atoms with Crippen LogP contribution in [-0.4, -0.2) is 24.5 Å². The lowest BCUT2D eigenvalue weighted by molar-refractivity contribution is -0.130. The monoisotopic (exact) mass is 337 g/mol. The predicted octanol–water partition coefficient (Wildman–Crippen LogP) is 4.45. The summed E-state index contributed by atoms with van der Waals surface area (Å²) in [7, 11) is 1.80. The summed E-state index contributed by atoms with van der Waals surface area (Å²) < 4.78 is 6.47. The van der Waals surface area contributed by atoms with Crippen LogP contribution in [0.3, 0.4) is 0 Å². The van der Waals surface area contributed by atoms with Crippen molar-refractivity contribution in [2.45, 2.75) is 26.8 Å². The highest BCUT2D eigenvalue weighted by Crippen LogP contribution is 2.23. The van der Waals surface area contributed by atoms with Crippen molar-refractivity contribution in [2.75, 3.05) is 13.7 Å². The Balaban J connectivity index is 1.80. The normalized spacial score (nSPS) is 10.5. The molecular formula is C17H20ClNO2S. The predicted molar refractivity (Wildman–Crippen MR) is 91.8 cm³/mol. The van der Waals surface area contributed by atoms with Crippen LogP contribution in [0.1, 0.15) is 22.4 Å². The van der Waals surface area contributed by atoms with Gasteiger partial charge in [0.1, 0.15) is 5.75 Å². The van der Waals surface area contributed by atoms with Crippen LogP contribution in [0, 0.1) is 13.8 Å². The number of nitrogens with zero attached hydrogens (tertiary/aromatic N) is 1. The lowest BCUT2D eigenvalue weighted by Gasteiger charge is -2.17. The molecule has 1 heterocycles. The number of carbonyl (C=O) groups is 1. The number of halogens is 1. The fourth-order valence-corrected chi connectivity index (χ4v) is 3.20. The molecule has 0 radical (unpaired) electrons. The summed E-state index contributed by atoms with van der Waals surface area (Å²) in [6.45, 7) is 5.00. The van der Waals surface area contributed by atoms with Crippen LogP contribution in [0.15, 0.2) is 30.3 Å². The molecule has 0 fully saturated rings. The van der Waals surface area contributed by atoms with Crippen LogP contribution in [0.25, 0.3) is 0 Å². The molecule has 0 atom stereocenters. The number of benzene rings is 1. The van der Waals surface area contributed by atoms with E-state index in [4.69, 9.17) is 16.3 Å². The number of rotatable bonds is 6. The van der Waals surface area contributed by atoms with E-state index in [1.165, 1.54) is 11.3 Å². The summed E-state index contributed by atoms with van der Waals surface area (Å²) in [5.41, 5.74) is 2.23. The second-order valence-corrected chi connectivity index (χ2v) is 7.12. The van der Waals surface area contributed by atoms with Crippen molar-refractivity contribution in [3.05, 3.63) is 50.7 Å². The van der Waals surface area contributed by atoms with Crippen molar-refractivity contribution < 1.29 is 9.53 Å². The van der Waals surface area contributed by atoms with E-state index < -0.39 is 0 Å². The van der Waals surface area contributed by atoms with Gasteiger partial charge in [-0.25, -0.2) is 0 Å². The zero-order valence-corrected chi connectivity index (χ0v) is 14.6. The largest absolute Gasteiger partial charge is 0.493 e. The smallest absolute Gasteiger partial charge is 0.226 e. The average Bonchev–Trinajstić information content (AvgIpc) is 2.87. The van der Waals surface area contributed by atoms with E-state index in [2.05, 4.69) is 0 Å². The Morgan fingerprint density at radius 2 is 2.05 bits per heavy atom. The van der Waals surface area contributed by atoms with Gasteiger partial charge in [-0.15, -0.1) is 11.3 Å². The van der Waals surface area contributed by atoms with Gasteiger partial charge in [0, 0.05) is 11.9 Å². The van der Waals surface area contributed by atoms with E-state index in [0.717, 1.165) is 26.1 Å². The average molecular weight is 338 g/mol. The maximum atomic E-state index is 12.1. The molecule has 0 unspecified atom stereocenters. The fourth-order valence-electron chi connectivity index (χ4n) is 2.06. The van der Waals surface area contributed by atoms with Crippen molar-refractivity contribution >= 4 is 28.8 Å².